The van der Waals surface area contributed by atoms with Crippen molar-refractivity contribution in [3.63, 3.8) is 0 Å². The Hall–Kier alpha value is -0.640. The molecule has 0 saturated heterocycles. The summed E-state index contributed by atoms with van der Waals surface area (Å²) in [5, 5.41) is -1.82. The number of allylic oxidation sites excluding steroid dienone is 1. The number of methoxy groups -OCH3 is 1. The Morgan fingerprint density at radius 1 is 1.69 bits per heavy atom. The first-order valence-electron chi connectivity index (χ1n) is 3.54. The van der Waals surface area contributed by atoms with E-state index in [-0.39, 0.29) is 6.42 Å². The maximum atomic E-state index is 11.1. The van der Waals surface area contributed by atoms with E-state index in [2.05, 4.69) is 11.3 Å². The third-order valence-corrected chi connectivity index (χ3v) is 3.46. The van der Waals surface area contributed by atoms with Gasteiger partial charge in [-0.3, -0.25) is 9.36 Å². The summed E-state index contributed by atoms with van der Waals surface area (Å²) in [6.45, 7) is 4.48. The van der Waals surface area contributed by atoms with Crippen molar-refractivity contribution in [2.45, 2.75) is 18.5 Å². The third-order valence-electron chi connectivity index (χ3n) is 1.81. The largest absolute Gasteiger partial charge is 0.468 e. The van der Waals surface area contributed by atoms with Crippen molar-refractivity contribution in [1.82, 2.24) is 0 Å². The third kappa shape index (κ3) is 2.40. The van der Waals surface area contributed by atoms with Crippen LogP contribution >= 0.6 is 7.60 Å². The lowest BCUT2D eigenvalue weighted by Crippen LogP contribution is -2.35. The summed E-state index contributed by atoms with van der Waals surface area (Å²) in [7, 11) is -3.44. The van der Waals surface area contributed by atoms with Crippen LogP contribution in [-0.2, 0) is 14.1 Å². The average molecular weight is 208 g/mol. The van der Waals surface area contributed by atoms with Gasteiger partial charge in [0.1, 0.15) is 0 Å². The SMILES string of the molecule is C=CCC(C)(C(=O)OC)P(=O)(O)O. The van der Waals surface area contributed by atoms with Gasteiger partial charge in [0.05, 0.1) is 7.11 Å². The Morgan fingerprint density at radius 2 is 2.15 bits per heavy atom. The summed E-state index contributed by atoms with van der Waals surface area (Å²) in [6, 6.07) is 0. The number of hydrogen-bond donors (Lipinski definition) is 2. The molecule has 0 aromatic heterocycles. The van der Waals surface area contributed by atoms with Crippen LogP contribution in [0.25, 0.3) is 0 Å². The number of carbonyl (C=O) groups excluding carboxylic acids is 1. The zero-order chi connectivity index (χ0) is 10.7. The normalized spacial score (nSPS) is 16.0. The highest BCUT2D eigenvalue weighted by atomic mass is 31.2. The zero-order valence-corrected chi connectivity index (χ0v) is 8.45. The van der Waals surface area contributed by atoms with Crippen molar-refractivity contribution >= 4 is 13.6 Å². The minimum absolute atomic E-state index is 0.121. The highest BCUT2D eigenvalue weighted by Gasteiger charge is 2.49. The van der Waals surface area contributed by atoms with Crippen LogP contribution in [0.3, 0.4) is 0 Å². The molecule has 0 saturated carbocycles. The monoisotopic (exact) mass is 208 g/mol. The molecule has 0 fully saturated rings. The maximum Gasteiger partial charge on any atom is 0.342 e. The van der Waals surface area contributed by atoms with Crippen molar-refractivity contribution in [3.8, 4) is 0 Å². The molecule has 0 aromatic carbocycles. The lowest BCUT2D eigenvalue weighted by Gasteiger charge is -2.25. The first-order chi connectivity index (χ1) is 5.79. The molecule has 1 atom stereocenters. The van der Waals surface area contributed by atoms with E-state index in [1.165, 1.54) is 6.08 Å². The Bertz CT molecular complexity index is 256. The van der Waals surface area contributed by atoms with Crippen LogP contribution in [0.5, 0.6) is 0 Å². The quantitative estimate of drug-likeness (QED) is 0.403. The molecule has 0 heterocycles. The van der Waals surface area contributed by atoms with Gasteiger partial charge in [0.2, 0.25) is 0 Å². The van der Waals surface area contributed by atoms with Gasteiger partial charge in [-0.15, -0.1) is 6.58 Å². The van der Waals surface area contributed by atoms with Crippen molar-refractivity contribution in [2.24, 2.45) is 0 Å². The van der Waals surface area contributed by atoms with Gasteiger partial charge in [-0.1, -0.05) is 6.08 Å². The van der Waals surface area contributed by atoms with Crippen molar-refractivity contribution in [3.05, 3.63) is 12.7 Å². The van der Waals surface area contributed by atoms with Gasteiger partial charge in [0.25, 0.3) is 0 Å². The molecule has 0 aliphatic rings. The molecule has 0 bridgehead atoms. The van der Waals surface area contributed by atoms with Crippen LogP contribution in [0.4, 0.5) is 0 Å². The molecule has 0 amide bonds. The van der Waals surface area contributed by atoms with Crippen LogP contribution in [0, 0.1) is 0 Å². The Morgan fingerprint density at radius 3 is 2.38 bits per heavy atom. The molecule has 76 valence electrons. The molecular weight excluding hydrogens is 195 g/mol. The van der Waals surface area contributed by atoms with E-state index in [0.717, 1.165) is 14.0 Å². The molecule has 0 radical (unpaired) electrons. The van der Waals surface area contributed by atoms with Gasteiger partial charge >= 0.3 is 13.6 Å². The molecule has 5 nitrogen and oxygen atoms in total. The minimum atomic E-state index is -4.52. The summed E-state index contributed by atoms with van der Waals surface area (Å²) in [4.78, 5) is 29.0. The van der Waals surface area contributed by atoms with Gasteiger partial charge in [0.15, 0.2) is 5.16 Å². The molecule has 0 aliphatic heterocycles. The summed E-state index contributed by atoms with van der Waals surface area (Å²) in [6.07, 6.45) is 1.15. The minimum Gasteiger partial charge on any atom is -0.468 e. The van der Waals surface area contributed by atoms with E-state index >= 15 is 0 Å². The number of rotatable bonds is 4. The molecule has 6 heteroatoms. The molecule has 0 rings (SSSR count). The van der Waals surface area contributed by atoms with Crippen LogP contribution < -0.4 is 0 Å². The lowest BCUT2D eigenvalue weighted by molar-refractivity contribution is -0.143. The molecule has 1 unspecified atom stereocenters. The van der Waals surface area contributed by atoms with Crippen molar-refractivity contribution in [1.29, 1.82) is 0 Å². The van der Waals surface area contributed by atoms with Crippen LogP contribution in [-0.4, -0.2) is 28.0 Å². The summed E-state index contributed by atoms with van der Waals surface area (Å²) < 4.78 is 15.3. The van der Waals surface area contributed by atoms with E-state index in [1.807, 2.05) is 0 Å². The van der Waals surface area contributed by atoms with Crippen LogP contribution in [0.1, 0.15) is 13.3 Å². The Labute approximate surface area is 76.6 Å². The molecule has 0 aliphatic carbocycles. The molecule has 0 aromatic rings. The van der Waals surface area contributed by atoms with Crippen molar-refractivity contribution in [2.75, 3.05) is 7.11 Å². The molecular formula is C7H13O5P. The lowest BCUT2D eigenvalue weighted by atomic mass is 10.1. The second-order valence-corrected chi connectivity index (χ2v) is 4.88. The Balaban J connectivity index is 5.06. The predicted molar refractivity (Wildman–Crippen MR) is 47.3 cm³/mol. The van der Waals surface area contributed by atoms with Gasteiger partial charge in [-0.05, 0) is 13.3 Å². The van der Waals surface area contributed by atoms with Crippen LogP contribution in [0.2, 0.25) is 0 Å². The van der Waals surface area contributed by atoms with E-state index in [4.69, 9.17) is 9.79 Å². The number of ether oxygens (including phenoxy) is 1. The van der Waals surface area contributed by atoms with E-state index in [0.29, 0.717) is 0 Å². The number of esters is 1. The average Bonchev–Trinajstić information content (AvgIpc) is 2.01. The smallest absolute Gasteiger partial charge is 0.342 e. The first kappa shape index (κ1) is 12.4. The second-order valence-electron chi connectivity index (χ2n) is 2.80. The predicted octanol–water partition coefficient (Wildman–Crippen LogP) is 0.672. The Kier molecular flexibility index (Phi) is 3.85. The van der Waals surface area contributed by atoms with Gasteiger partial charge in [0, 0.05) is 0 Å². The highest BCUT2D eigenvalue weighted by Crippen LogP contribution is 2.53. The molecule has 2 N–H and O–H groups in total. The summed E-state index contributed by atoms with van der Waals surface area (Å²) >= 11 is 0. The molecule has 13 heavy (non-hydrogen) atoms. The second kappa shape index (κ2) is 4.05. The van der Waals surface area contributed by atoms with E-state index in [9.17, 15) is 9.36 Å². The van der Waals surface area contributed by atoms with Gasteiger partial charge in [-0.25, -0.2) is 0 Å². The fourth-order valence-electron chi connectivity index (χ4n) is 0.822. The highest BCUT2D eigenvalue weighted by molar-refractivity contribution is 7.54. The fourth-order valence-corrected chi connectivity index (χ4v) is 1.52. The maximum absolute atomic E-state index is 11.1. The van der Waals surface area contributed by atoms with E-state index < -0.39 is 18.7 Å². The van der Waals surface area contributed by atoms with Crippen LogP contribution in [0.15, 0.2) is 12.7 Å². The fraction of sp³-hybridized carbons (Fsp3) is 0.571. The summed E-state index contributed by atoms with van der Waals surface area (Å²) in [5.41, 5.74) is 0. The van der Waals surface area contributed by atoms with Gasteiger partial charge in [-0.2, -0.15) is 0 Å². The van der Waals surface area contributed by atoms with E-state index in [1.54, 1.807) is 0 Å². The number of hydrogen-bond acceptors (Lipinski definition) is 3. The van der Waals surface area contributed by atoms with Crippen molar-refractivity contribution < 1.29 is 23.9 Å². The summed E-state index contributed by atoms with van der Waals surface area (Å²) in [5.74, 6) is -0.930. The number of carbonyl (C=O) groups is 1. The first-order valence-corrected chi connectivity index (χ1v) is 5.16. The standard InChI is InChI=1S/C7H13O5P/c1-4-5-7(2,6(8)12-3)13(9,10)11/h4H,1,5H2,2-3H3,(H2,9,10,11). The van der Waals surface area contributed by atoms with Gasteiger partial charge < -0.3 is 14.5 Å². The topological polar surface area (TPSA) is 83.8 Å². The zero-order valence-electron chi connectivity index (χ0n) is 7.56. The molecule has 0 spiro atoms.